The molecule has 1 aromatic heterocycles. The molecule has 0 bridgehead atoms. The number of nitrogens with zero attached hydrogens (tertiary/aromatic N) is 1. The maximum absolute atomic E-state index is 14.3. The van der Waals surface area contributed by atoms with E-state index in [4.69, 9.17) is 9.84 Å². The van der Waals surface area contributed by atoms with Gasteiger partial charge in [-0.3, -0.25) is 4.79 Å². The van der Waals surface area contributed by atoms with Crippen LogP contribution in [0.5, 0.6) is 5.75 Å². The van der Waals surface area contributed by atoms with Crippen LogP contribution in [0.2, 0.25) is 0 Å². The fraction of sp³-hybridized carbons (Fsp3) is 0.333. The molecule has 2 aromatic rings. The van der Waals surface area contributed by atoms with Crippen LogP contribution in [0.25, 0.3) is 11.1 Å². The van der Waals surface area contributed by atoms with E-state index in [1.807, 2.05) is 13.8 Å². The molecular formula is C18H19F2NO3S. The zero-order chi connectivity index (χ0) is 18.4. The Kier molecular flexibility index (Phi) is 6.75. The number of rotatable bonds is 8. The van der Waals surface area contributed by atoms with Gasteiger partial charge in [-0.1, -0.05) is 19.9 Å². The van der Waals surface area contributed by atoms with Crippen molar-refractivity contribution < 1.29 is 23.4 Å². The van der Waals surface area contributed by atoms with Crippen LogP contribution < -0.4 is 4.74 Å². The lowest BCUT2D eigenvalue weighted by Gasteiger charge is -2.13. The maximum Gasteiger partial charge on any atom is 0.303 e. The highest BCUT2D eigenvalue weighted by Crippen LogP contribution is 2.35. The summed E-state index contributed by atoms with van der Waals surface area (Å²) in [4.78, 5) is 14.7. The fourth-order valence-corrected chi connectivity index (χ4v) is 3.06. The van der Waals surface area contributed by atoms with Crippen LogP contribution >= 0.6 is 11.8 Å². The molecule has 1 aromatic carbocycles. The zero-order valence-electron chi connectivity index (χ0n) is 14.0. The van der Waals surface area contributed by atoms with Crippen molar-refractivity contribution in [3.8, 4) is 16.9 Å². The number of hydrogen-bond acceptors (Lipinski definition) is 4. The molecule has 0 aliphatic carbocycles. The van der Waals surface area contributed by atoms with Crippen molar-refractivity contribution in [3.05, 3.63) is 42.1 Å². The first-order chi connectivity index (χ1) is 11.9. The largest absolute Gasteiger partial charge is 0.488 e. The van der Waals surface area contributed by atoms with E-state index in [2.05, 4.69) is 4.98 Å². The Morgan fingerprint density at radius 2 is 2.00 bits per heavy atom. The van der Waals surface area contributed by atoms with Gasteiger partial charge in [0.05, 0.1) is 6.61 Å². The van der Waals surface area contributed by atoms with Crippen LogP contribution in [0, 0.1) is 11.6 Å². The Morgan fingerprint density at radius 3 is 2.60 bits per heavy atom. The van der Waals surface area contributed by atoms with Gasteiger partial charge in [0, 0.05) is 23.4 Å². The van der Waals surface area contributed by atoms with Crippen LogP contribution in [-0.4, -0.2) is 27.9 Å². The molecule has 25 heavy (non-hydrogen) atoms. The number of thioether (sulfide) groups is 1. The summed E-state index contributed by atoms with van der Waals surface area (Å²) in [7, 11) is 0. The SMILES string of the molecule is CC(C)Sc1ncccc1-c1cc(F)c(OCCCC(=O)O)c(F)c1. The van der Waals surface area contributed by atoms with Gasteiger partial charge in [-0.05, 0) is 30.2 Å². The van der Waals surface area contributed by atoms with Crippen LogP contribution in [-0.2, 0) is 4.79 Å². The highest BCUT2D eigenvalue weighted by Gasteiger charge is 2.16. The first kappa shape index (κ1) is 19.2. The van der Waals surface area contributed by atoms with E-state index in [0.717, 1.165) is 0 Å². The van der Waals surface area contributed by atoms with Crippen molar-refractivity contribution in [2.45, 2.75) is 37.0 Å². The van der Waals surface area contributed by atoms with Crippen LogP contribution in [0.4, 0.5) is 8.78 Å². The second-order valence-corrected chi connectivity index (χ2v) is 7.20. The highest BCUT2D eigenvalue weighted by atomic mass is 32.2. The smallest absolute Gasteiger partial charge is 0.303 e. The van der Waals surface area contributed by atoms with E-state index in [-0.39, 0.29) is 24.7 Å². The summed E-state index contributed by atoms with van der Waals surface area (Å²) in [5.41, 5.74) is 1.03. The van der Waals surface area contributed by atoms with Gasteiger partial charge in [-0.15, -0.1) is 11.8 Å². The predicted molar refractivity (Wildman–Crippen MR) is 92.9 cm³/mol. The van der Waals surface area contributed by atoms with Crippen LogP contribution in [0.15, 0.2) is 35.5 Å². The molecule has 0 unspecified atom stereocenters. The summed E-state index contributed by atoms with van der Waals surface area (Å²) in [6.07, 6.45) is 1.70. The van der Waals surface area contributed by atoms with Gasteiger partial charge in [0.2, 0.25) is 0 Å². The molecule has 0 saturated heterocycles. The monoisotopic (exact) mass is 367 g/mol. The van der Waals surface area contributed by atoms with E-state index in [1.54, 1.807) is 18.3 Å². The number of benzene rings is 1. The van der Waals surface area contributed by atoms with Gasteiger partial charge < -0.3 is 9.84 Å². The predicted octanol–water partition coefficient (Wildman–Crippen LogP) is 4.77. The number of pyridine rings is 1. The molecule has 0 spiro atoms. The molecule has 1 N–H and O–H groups in total. The standard InChI is InChI=1S/C18H19F2NO3S/c1-11(2)25-18-13(5-3-7-21-18)12-9-14(19)17(15(20)10-12)24-8-4-6-16(22)23/h3,5,7,9-11H,4,6,8H2,1-2H3,(H,22,23). The van der Waals surface area contributed by atoms with Gasteiger partial charge in [-0.2, -0.15) is 0 Å². The Labute approximate surface area is 149 Å². The third-order valence-electron chi connectivity index (χ3n) is 3.21. The quantitative estimate of drug-likeness (QED) is 0.538. The lowest BCUT2D eigenvalue weighted by molar-refractivity contribution is -0.137. The van der Waals surface area contributed by atoms with Gasteiger partial charge in [-0.25, -0.2) is 13.8 Å². The third-order valence-corrected chi connectivity index (χ3v) is 4.23. The van der Waals surface area contributed by atoms with Crippen molar-refractivity contribution in [3.63, 3.8) is 0 Å². The lowest BCUT2D eigenvalue weighted by Crippen LogP contribution is -2.05. The van der Waals surface area contributed by atoms with E-state index < -0.39 is 23.4 Å². The topological polar surface area (TPSA) is 59.4 Å². The van der Waals surface area contributed by atoms with Gasteiger partial charge in [0.1, 0.15) is 5.03 Å². The molecular weight excluding hydrogens is 348 g/mol. The number of carbonyl (C=O) groups is 1. The summed E-state index contributed by atoms with van der Waals surface area (Å²) < 4.78 is 33.6. The van der Waals surface area contributed by atoms with Gasteiger partial charge in [0.15, 0.2) is 17.4 Å². The molecule has 1 heterocycles. The minimum Gasteiger partial charge on any atom is -0.488 e. The molecule has 4 nitrogen and oxygen atoms in total. The second-order valence-electron chi connectivity index (χ2n) is 5.64. The van der Waals surface area contributed by atoms with E-state index in [0.29, 0.717) is 16.2 Å². The summed E-state index contributed by atoms with van der Waals surface area (Å²) >= 11 is 1.51. The molecule has 0 fully saturated rings. The zero-order valence-corrected chi connectivity index (χ0v) is 14.8. The number of hydrogen-bond donors (Lipinski definition) is 1. The summed E-state index contributed by atoms with van der Waals surface area (Å²) in [6.45, 7) is 3.96. The molecule has 0 amide bonds. The van der Waals surface area contributed by atoms with E-state index >= 15 is 0 Å². The Bertz CT molecular complexity index is 730. The second kappa shape index (κ2) is 8.80. The number of aromatic nitrogens is 1. The van der Waals surface area contributed by atoms with Crippen molar-refractivity contribution in [2.24, 2.45) is 0 Å². The Hall–Kier alpha value is -2.15. The number of ether oxygens (including phenoxy) is 1. The molecule has 0 atom stereocenters. The molecule has 0 saturated carbocycles. The average Bonchev–Trinajstić information content (AvgIpc) is 2.53. The van der Waals surface area contributed by atoms with Crippen molar-refractivity contribution in [1.82, 2.24) is 4.98 Å². The average molecular weight is 367 g/mol. The minimum atomic E-state index is -0.980. The Balaban J connectivity index is 2.23. The third kappa shape index (κ3) is 5.42. The van der Waals surface area contributed by atoms with Crippen molar-refractivity contribution in [1.29, 1.82) is 0 Å². The molecule has 0 aliphatic rings. The van der Waals surface area contributed by atoms with Crippen molar-refractivity contribution in [2.75, 3.05) is 6.61 Å². The van der Waals surface area contributed by atoms with Crippen LogP contribution in [0.1, 0.15) is 26.7 Å². The summed E-state index contributed by atoms with van der Waals surface area (Å²) in [5.74, 6) is -3.12. The van der Waals surface area contributed by atoms with Crippen molar-refractivity contribution >= 4 is 17.7 Å². The van der Waals surface area contributed by atoms with Gasteiger partial charge >= 0.3 is 5.97 Å². The van der Waals surface area contributed by atoms with Gasteiger partial charge in [0.25, 0.3) is 0 Å². The first-order valence-corrected chi connectivity index (χ1v) is 8.72. The van der Waals surface area contributed by atoms with E-state index in [1.165, 1.54) is 23.9 Å². The van der Waals surface area contributed by atoms with Crippen LogP contribution in [0.3, 0.4) is 0 Å². The highest BCUT2D eigenvalue weighted by molar-refractivity contribution is 7.99. The molecule has 7 heteroatoms. The number of carboxylic acid groups (broad SMARTS) is 1. The minimum absolute atomic E-state index is 0.0686. The molecule has 2 rings (SSSR count). The maximum atomic E-state index is 14.3. The first-order valence-electron chi connectivity index (χ1n) is 7.84. The normalized spacial score (nSPS) is 10.9. The molecule has 0 aliphatic heterocycles. The summed E-state index contributed by atoms with van der Waals surface area (Å²) in [5, 5.41) is 9.54. The number of halogens is 2. The Morgan fingerprint density at radius 1 is 1.32 bits per heavy atom. The summed E-state index contributed by atoms with van der Waals surface area (Å²) in [6, 6.07) is 5.89. The van der Waals surface area contributed by atoms with E-state index in [9.17, 15) is 13.6 Å². The molecule has 134 valence electrons. The number of aliphatic carboxylic acids is 1. The fourth-order valence-electron chi connectivity index (χ4n) is 2.18. The lowest BCUT2D eigenvalue weighted by atomic mass is 10.1. The molecule has 0 radical (unpaired) electrons. The number of carboxylic acids is 1.